The normalized spacial score (nSPS) is 11.5. The van der Waals surface area contributed by atoms with Crippen molar-refractivity contribution in [2.24, 2.45) is 5.10 Å². The van der Waals surface area contributed by atoms with E-state index in [1.54, 1.807) is 55.5 Å². The number of halogens is 2. The highest BCUT2D eigenvalue weighted by Gasteiger charge is 2.28. The number of rotatable bonds is 7. The fourth-order valence-corrected chi connectivity index (χ4v) is 5.01. The number of hydrogen-bond acceptors (Lipinski definition) is 4. The molecular formula is C23H21Cl2N3O3S. The number of hydrazone groups is 1. The summed E-state index contributed by atoms with van der Waals surface area (Å²) in [6.45, 7) is 3.26. The first kappa shape index (κ1) is 23.8. The molecular weight excluding hydrogens is 469 g/mol. The largest absolute Gasteiger partial charge is 0.271 e. The predicted molar refractivity (Wildman–Crippen MR) is 129 cm³/mol. The van der Waals surface area contributed by atoms with E-state index in [-0.39, 0.29) is 4.90 Å². The van der Waals surface area contributed by atoms with Crippen LogP contribution in [0.4, 0.5) is 5.69 Å². The Balaban J connectivity index is 1.87. The van der Waals surface area contributed by atoms with Gasteiger partial charge in [0.2, 0.25) is 0 Å². The van der Waals surface area contributed by atoms with E-state index in [0.717, 1.165) is 15.4 Å². The van der Waals surface area contributed by atoms with Gasteiger partial charge in [-0.2, -0.15) is 5.10 Å². The molecule has 1 amide bonds. The third-order valence-corrected chi connectivity index (χ3v) is 6.93. The molecule has 0 spiro atoms. The Hall–Kier alpha value is -2.87. The van der Waals surface area contributed by atoms with Gasteiger partial charge < -0.3 is 0 Å². The number of hydrogen-bond donors (Lipinski definition) is 1. The number of aryl methyl sites for hydroxylation is 2. The van der Waals surface area contributed by atoms with Crippen molar-refractivity contribution in [2.45, 2.75) is 18.7 Å². The van der Waals surface area contributed by atoms with E-state index in [9.17, 15) is 13.2 Å². The second kappa shape index (κ2) is 10.2. The lowest BCUT2D eigenvalue weighted by atomic mass is 10.1. The molecule has 32 heavy (non-hydrogen) atoms. The second-order valence-electron chi connectivity index (χ2n) is 7.07. The van der Waals surface area contributed by atoms with E-state index in [2.05, 4.69) is 10.5 Å². The molecule has 0 radical (unpaired) electrons. The summed E-state index contributed by atoms with van der Waals surface area (Å²) in [5.41, 5.74) is 5.05. The van der Waals surface area contributed by atoms with Gasteiger partial charge in [-0.3, -0.25) is 9.10 Å². The lowest BCUT2D eigenvalue weighted by Gasteiger charge is -2.25. The number of carbonyl (C=O) groups is 1. The monoisotopic (exact) mass is 489 g/mol. The molecule has 3 aromatic rings. The van der Waals surface area contributed by atoms with Crippen molar-refractivity contribution in [1.82, 2.24) is 5.43 Å². The molecule has 1 N–H and O–H groups in total. The molecule has 6 nitrogen and oxygen atoms in total. The number of carbonyl (C=O) groups excluding carboxylic acids is 1. The molecule has 0 aliphatic heterocycles. The first-order valence-electron chi connectivity index (χ1n) is 9.60. The van der Waals surface area contributed by atoms with Gasteiger partial charge in [-0.15, -0.1) is 0 Å². The van der Waals surface area contributed by atoms with Gasteiger partial charge in [-0.05, 0) is 49.7 Å². The molecule has 0 aliphatic carbocycles. The Morgan fingerprint density at radius 3 is 2.41 bits per heavy atom. The Morgan fingerprint density at radius 2 is 1.75 bits per heavy atom. The summed E-state index contributed by atoms with van der Waals surface area (Å²) in [4.78, 5) is 12.7. The smallest absolute Gasteiger partial charge is 0.264 e. The summed E-state index contributed by atoms with van der Waals surface area (Å²) >= 11 is 12.0. The lowest BCUT2D eigenvalue weighted by Crippen LogP contribution is -2.40. The Bertz CT molecular complexity index is 1260. The third kappa shape index (κ3) is 5.68. The van der Waals surface area contributed by atoms with Crippen LogP contribution < -0.4 is 9.73 Å². The van der Waals surface area contributed by atoms with Crippen molar-refractivity contribution in [2.75, 3.05) is 10.8 Å². The standard InChI is InChI=1S/C23H21Cl2N3O3S/c1-16-8-11-22(17(2)12-16)28(32(30,31)20-6-4-3-5-7-20)15-23(29)27-26-14-18-9-10-19(24)13-21(18)25/h3-14H,15H2,1-2H3,(H,27,29)/b26-14-. The Morgan fingerprint density at radius 1 is 1.03 bits per heavy atom. The molecule has 0 unspecified atom stereocenters. The molecule has 3 aromatic carbocycles. The van der Waals surface area contributed by atoms with Crippen LogP contribution in [-0.2, 0) is 14.8 Å². The van der Waals surface area contributed by atoms with Gasteiger partial charge in [-0.1, -0.05) is 65.2 Å². The van der Waals surface area contributed by atoms with Crippen LogP contribution >= 0.6 is 23.2 Å². The number of sulfonamides is 1. The fraction of sp³-hybridized carbons (Fsp3) is 0.130. The molecule has 166 valence electrons. The molecule has 0 aromatic heterocycles. The first-order valence-corrected chi connectivity index (χ1v) is 11.8. The minimum Gasteiger partial charge on any atom is -0.271 e. The van der Waals surface area contributed by atoms with E-state index in [0.29, 0.717) is 21.3 Å². The molecule has 9 heteroatoms. The van der Waals surface area contributed by atoms with Gasteiger partial charge in [0.1, 0.15) is 6.54 Å². The van der Waals surface area contributed by atoms with E-state index >= 15 is 0 Å². The van der Waals surface area contributed by atoms with Crippen LogP contribution in [0.25, 0.3) is 0 Å². The topological polar surface area (TPSA) is 78.8 Å². The molecule has 0 atom stereocenters. The third-order valence-electron chi connectivity index (χ3n) is 4.59. The maximum Gasteiger partial charge on any atom is 0.264 e. The molecule has 0 bridgehead atoms. The summed E-state index contributed by atoms with van der Waals surface area (Å²) in [5.74, 6) is -0.606. The van der Waals surface area contributed by atoms with Crippen molar-refractivity contribution in [3.63, 3.8) is 0 Å². The second-order valence-corrected chi connectivity index (χ2v) is 9.78. The molecule has 0 aliphatic rings. The number of anilines is 1. The molecule has 0 saturated heterocycles. The van der Waals surface area contributed by atoms with Crippen LogP contribution in [0.15, 0.2) is 76.7 Å². The van der Waals surface area contributed by atoms with E-state index < -0.39 is 22.5 Å². The van der Waals surface area contributed by atoms with Crippen LogP contribution in [0.1, 0.15) is 16.7 Å². The zero-order valence-corrected chi connectivity index (χ0v) is 19.7. The van der Waals surface area contributed by atoms with E-state index in [4.69, 9.17) is 23.2 Å². The molecule has 3 rings (SSSR count). The van der Waals surface area contributed by atoms with E-state index in [1.165, 1.54) is 18.3 Å². The average molecular weight is 490 g/mol. The van der Waals surface area contributed by atoms with Crippen molar-refractivity contribution in [3.8, 4) is 0 Å². The predicted octanol–water partition coefficient (Wildman–Crippen LogP) is 4.96. The average Bonchev–Trinajstić information content (AvgIpc) is 2.74. The summed E-state index contributed by atoms with van der Waals surface area (Å²) in [5, 5.41) is 4.75. The van der Waals surface area contributed by atoms with Gasteiger partial charge in [0, 0.05) is 10.6 Å². The number of benzene rings is 3. The maximum absolute atomic E-state index is 13.4. The number of nitrogens with zero attached hydrogens (tertiary/aromatic N) is 2. The molecule has 0 heterocycles. The van der Waals surface area contributed by atoms with Gasteiger partial charge in [0.05, 0.1) is 21.8 Å². The highest BCUT2D eigenvalue weighted by molar-refractivity contribution is 7.92. The minimum atomic E-state index is -3.99. The van der Waals surface area contributed by atoms with Crippen LogP contribution in [0.3, 0.4) is 0 Å². The summed E-state index contributed by atoms with van der Waals surface area (Å²) in [6.07, 6.45) is 1.36. The van der Waals surface area contributed by atoms with Gasteiger partial charge in [0.25, 0.3) is 15.9 Å². The fourth-order valence-electron chi connectivity index (χ4n) is 3.05. The minimum absolute atomic E-state index is 0.0872. The van der Waals surface area contributed by atoms with Crippen molar-refractivity contribution in [1.29, 1.82) is 0 Å². The molecule has 0 fully saturated rings. The summed E-state index contributed by atoms with van der Waals surface area (Å²) in [7, 11) is -3.99. The Kier molecular flexibility index (Phi) is 7.56. The van der Waals surface area contributed by atoms with Crippen LogP contribution in [0.5, 0.6) is 0 Å². The number of amides is 1. The van der Waals surface area contributed by atoms with Gasteiger partial charge in [-0.25, -0.2) is 13.8 Å². The SMILES string of the molecule is Cc1ccc(N(CC(=O)N/N=C\c2ccc(Cl)cc2Cl)S(=O)(=O)c2ccccc2)c(C)c1. The maximum atomic E-state index is 13.4. The van der Waals surface area contributed by atoms with Crippen molar-refractivity contribution in [3.05, 3.63) is 93.5 Å². The summed E-state index contributed by atoms with van der Waals surface area (Å²) in [6, 6.07) is 18.2. The zero-order chi connectivity index (χ0) is 23.3. The lowest BCUT2D eigenvalue weighted by molar-refractivity contribution is -0.119. The highest BCUT2D eigenvalue weighted by Crippen LogP contribution is 2.27. The van der Waals surface area contributed by atoms with Crippen molar-refractivity contribution >= 4 is 51.0 Å². The highest BCUT2D eigenvalue weighted by atomic mass is 35.5. The van der Waals surface area contributed by atoms with Crippen LogP contribution in [-0.4, -0.2) is 27.1 Å². The van der Waals surface area contributed by atoms with Gasteiger partial charge in [0.15, 0.2) is 0 Å². The van der Waals surface area contributed by atoms with Gasteiger partial charge >= 0.3 is 0 Å². The van der Waals surface area contributed by atoms with E-state index in [1.807, 2.05) is 13.0 Å². The zero-order valence-electron chi connectivity index (χ0n) is 17.4. The van der Waals surface area contributed by atoms with Crippen LogP contribution in [0.2, 0.25) is 10.0 Å². The molecule has 0 saturated carbocycles. The Labute approximate surface area is 197 Å². The van der Waals surface area contributed by atoms with Crippen LogP contribution in [0, 0.1) is 13.8 Å². The van der Waals surface area contributed by atoms with Crippen molar-refractivity contribution < 1.29 is 13.2 Å². The quantitative estimate of drug-likeness (QED) is 0.376. The number of nitrogens with one attached hydrogen (secondary N) is 1. The first-order chi connectivity index (χ1) is 15.2. The summed E-state index contributed by atoms with van der Waals surface area (Å²) < 4.78 is 27.8.